The molecule has 2 rings (SSSR count). The van der Waals surface area contributed by atoms with E-state index >= 15 is 0 Å². The van der Waals surface area contributed by atoms with E-state index in [4.69, 9.17) is 9.47 Å². The molecule has 0 atom stereocenters. The Morgan fingerprint density at radius 2 is 1.86 bits per heavy atom. The van der Waals surface area contributed by atoms with E-state index in [9.17, 15) is 9.18 Å². The SMILES string of the molecule is COc1ccc(NC(=O)c2ccc(C)cc2F)c(OC)c1. The number of hydrogen-bond acceptors (Lipinski definition) is 3. The average Bonchev–Trinajstić information content (AvgIpc) is 2.47. The van der Waals surface area contributed by atoms with Gasteiger partial charge >= 0.3 is 0 Å². The van der Waals surface area contributed by atoms with Crippen LogP contribution in [0.4, 0.5) is 10.1 Å². The van der Waals surface area contributed by atoms with Crippen LogP contribution in [-0.2, 0) is 0 Å². The predicted octanol–water partition coefficient (Wildman–Crippen LogP) is 3.40. The lowest BCUT2D eigenvalue weighted by atomic mass is 10.1. The number of ether oxygens (including phenoxy) is 2. The van der Waals surface area contributed by atoms with Crippen LogP contribution in [0.25, 0.3) is 0 Å². The molecule has 0 bridgehead atoms. The third kappa shape index (κ3) is 3.31. The summed E-state index contributed by atoms with van der Waals surface area (Å²) in [5, 5.41) is 2.63. The maximum absolute atomic E-state index is 13.8. The molecule has 21 heavy (non-hydrogen) atoms. The number of amides is 1. The highest BCUT2D eigenvalue weighted by atomic mass is 19.1. The van der Waals surface area contributed by atoms with E-state index < -0.39 is 11.7 Å². The lowest BCUT2D eigenvalue weighted by Gasteiger charge is -2.12. The molecule has 1 N–H and O–H groups in total. The number of anilines is 1. The number of aryl methyl sites for hydroxylation is 1. The first-order valence-corrected chi connectivity index (χ1v) is 6.34. The molecule has 0 aliphatic carbocycles. The second-order valence-electron chi connectivity index (χ2n) is 4.50. The molecule has 0 aliphatic heterocycles. The molecule has 0 radical (unpaired) electrons. The minimum Gasteiger partial charge on any atom is -0.497 e. The van der Waals surface area contributed by atoms with Crippen LogP contribution >= 0.6 is 0 Å². The van der Waals surface area contributed by atoms with Crippen molar-refractivity contribution in [2.75, 3.05) is 19.5 Å². The van der Waals surface area contributed by atoms with Gasteiger partial charge in [0.25, 0.3) is 5.91 Å². The molecule has 0 fully saturated rings. The van der Waals surface area contributed by atoms with Gasteiger partial charge < -0.3 is 14.8 Å². The lowest BCUT2D eigenvalue weighted by molar-refractivity contribution is 0.102. The number of nitrogens with one attached hydrogen (secondary N) is 1. The van der Waals surface area contributed by atoms with E-state index in [-0.39, 0.29) is 5.56 Å². The summed E-state index contributed by atoms with van der Waals surface area (Å²) in [4.78, 5) is 12.1. The summed E-state index contributed by atoms with van der Waals surface area (Å²) in [6, 6.07) is 9.42. The summed E-state index contributed by atoms with van der Waals surface area (Å²) < 4.78 is 24.1. The van der Waals surface area contributed by atoms with Crippen LogP contribution in [-0.4, -0.2) is 20.1 Å². The smallest absolute Gasteiger partial charge is 0.258 e. The van der Waals surface area contributed by atoms with Gasteiger partial charge in [0, 0.05) is 6.07 Å². The number of methoxy groups -OCH3 is 2. The van der Waals surface area contributed by atoms with Crippen LogP contribution in [0.1, 0.15) is 15.9 Å². The van der Waals surface area contributed by atoms with Gasteiger partial charge in [-0.15, -0.1) is 0 Å². The number of carbonyl (C=O) groups excluding carboxylic acids is 1. The van der Waals surface area contributed by atoms with E-state index in [2.05, 4.69) is 5.32 Å². The van der Waals surface area contributed by atoms with Crippen LogP contribution in [0.3, 0.4) is 0 Å². The molecule has 1 amide bonds. The first-order chi connectivity index (χ1) is 10.0. The van der Waals surface area contributed by atoms with Crippen LogP contribution in [0.15, 0.2) is 36.4 Å². The van der Waals surface area contributed by atoms with Crippen molar-refractivity contribution >= 4 is 11.6 Å². The van der Waals surface area contributed by atoms with Crippen LogP contribution < -0.4 is 14.8 Å². The van der Waals surface area contributed by atoms with Gasteiger partial charge in [-0.25, -0.2) is 4.39 Å². The fourth-order valence-corrected chi connectivity index (χ4v) is 1.90. The predicted molar refractivity (Wildman–Crippen MR) is 78.6 cm³/mol. The molecule has 0 saturated heterocycles. The summed E-state index contributed by atoms with van der Waals surface area (Å²) in [5.74, 6) is -0.0440. The molecule has 0 heterocycles. The Bertz CT molecular complexity index is 671. The van der Waals surface area contributed by atoms with Gasteiger partial charge in [-0.1, -0.05) is 6.07 Å². The molecule has 110 valence electrons. The molecule has 0 saturated carbocycles. The molecule has 2 aromatic carbocycles. The van der Waals surface area contributed by atoms with Crippen molar-refractivity contribution in [2.45, 2.75) is 6.92 Å². The quantitative estimate of drug-likeness (QED) is 0.938. The van der Waals surface area contributed by atoms with Crippen molar-refractivity contribution in [3.8, 4) is 11.5 Å². The summed E-state index contributed by atoms with van der Waals surface area (Å²) in [5.41, 5.74) is 1.19. The third-order valence-electron chi connectivity index (χ3n) is 3.03. The number of halogens is 1. The molecule has 0 spiro atoms. The zero-order valence-corrected chi connectivity index (χ0v) is 12.1. The fraction of sp³-hybridized carbons (Fsp3) is 0.188. The highest BCUT2D eigenvalue weighted by Crippen LogP contribution is 2.29. The van der Waals surface area contributed by atoms with Gasteiger partial charge in [-0.2, -0.15) is 0 Å². The maximum atomic E-state index is 13.8. The summed E-state index contributed by atoms with van der Waals surface area (Å²) >= 11 is 0. The number of rotatable bonds is 4. The molecule has 5 heteroatoms. The average molecular weight is 289 g/mol. The molecular weight excluding hydrogens is 273 g/mol. The molecule has 4 nitrogen and oxygen atoms in total. The number of carbonyl (C=O) groups is 1. The third-order valence-corrected chi connectivity index (χ3v) is 3.03. The van der Waals surface area contributed by atoms with Crippen molar-refractivity contribution in [1.29, 1.82) is 0 Å². The Hall–Kier alpha value is -2.56. The lowest BCUT2D eigenvalue weighted by Crippen LogP contribution is -2.14. The Labute approximate surface area is 122 Å². The van der Waals surface area contributed by atoms with Crippen molar-refractivity contribution in [1.82, 2.24) is 0 Å². The fourth-order valence-electron chi connectivity index (χ4n) is 1.90. The minimum atomic E-state index is -0.556. The minimum absolute atomic E-state index is 0.0153. The monoisotopic (exact) mass is 289 g/mol. The molecule has 0 unspecified atom stereocenters. The van der Waals surface area contributed by atoms with Crippen LogP contribution in [0, 0.1) is 12.7 Å². The van der Waals surface area contributed by atoms with Crippen LogP contribution in [0.2, 0.25) is 0 Å². The van der Waals surface area contributed by atoms with Gasteiger partial charge in [0.05, 0.1) is 25.5 Å². The Morgan fingerprint density at radius 3 is 2.48 bits per heavy atom. The largest absolute Gasteiger partial charge is 0.497 e. The van der Waals surface area contributed by atoms with Crippen LogP contribution in [0.5, 0.6) is 11.5 Å². The van der Waals surface area contributed by atoms with Crippen molar-refractivity contribution < 1.29 is 18.7 Å². The zero-order valence-electron chi connectivity index (χ0n) is 12.1. The van der Waals surface area contributed by atoms with Gasteiger partial charge in [0.15, 0.2) is 0 Å². The van der Waals surface area contributed by atoms with E-state index in [1.165, 1.54) is 26.4 Å². The van der Waals surface area contributed by atoms with Gasteiger partial charge in [0.1, 0.15) is 17.3 Å². The van der Waals surface area contributed by atoms with Gasteiger partial charge in [0.2, 0.25) is 0 Å². The van der Waals surface area contributed by atoms with E-state index in [0.29, 0.717) is 17.2 Å². The van der Waals surface area contributed by atoms with E-state index in [1.807, 2.05) is 0 Å². The number of benzene rings is 2. The molecular formula is C16H16FNO3. The standard InChI is InChI=1S/C16H16FNO3/c1-10-4-6-12(13(17)8-10)16(19)18-14-7-5-11(20-2)9-15(14)21-3/h4-9H,1-3H3,(H,18,19). The Morgan fingerprint density at radius 1 is 1.10 bits per heavy atom. The molecule has 0 aliphatic rings. The van der Waals surface area contributed by atoms with E-state index in [0.717, 1.165) is 5.56 Å². The Balaban J connectivity index is 2.27. The van der Waals surface area contributed by atoms with E-state index in [1.54, 1.807) is 31.2 Å². The molecule has 0 aromatic heterocycles. The first kappa shape index (κ1) is 14.8. The second kappa shape index (κ2) is 6.26. The van der Waals surface area contributed by atoms with Gasteiger partial charge in [-0.3, -0.25) is 4.79 Å². The van der Waals surface area contributed by atoms with Gasteiger partial charge in [-0.05, 0) is 36.8 Å². The second-order valence-corrected chi connectivity index (χ2v) is 4.50. The maximum Gasteiger partial charge on any atom is 0.258 e. The summed E-state index contributed by atoms with van der Waals surface area (Å²) in [7, 11) is 3.02. The zero-order chi connectivity index (χ0) is 15.4. The van der Waals surface area contributed by atoms with Crippen molar-refractivity contribution in [3.05, 3.63) is 53.3 Å². The van der Waals surface area contributed by atoms with Crippen molar-refractivity contribution in [2.24, 2.45) is 0 Å². The summed E-state index contributed by atoms with van der Waals surface area (Å²) in [6.07, 6.45) is 0. The highest BCUT2D eigenvalue weighted by molar-refractivity contribution is 6.05. The first-order valence-electron chi connectivity index (χ1n) is 6.34. The Kier molecular flexibility index (Phi) is 4.42. The topological polar surface area (TPSA) is 47.6 Å². The summed E-state index contributed by atoms with van der Waals surface area (Å²) in [6.45, 7) is 1.76. The normalized spacial score (nSPS) is 10.1. The highest BCUT2D eigenvalue weighted by Gasteiger charge is 2.14. The van der Waals surface area contributed by atoms with Crippen molar-refractivity contribution in [3.63, 3.8) is 0 Å². The molecule has 2 aromatic rings. The number of hydrogen-bond donors (Lipinski definition) is 1.